The fourth-order valence-corrected chi connectivity index (χ4v) is 3.58. The zero-order valence-electron chi connectivity index (χ0n) is 19.4. The highest BCUT2D eigenvalue weighted by Crippen LogP contribution is 2.18. The average Bonchev–Trinajstić information content (AvgIpc) is 3.30. The number of carbonyl (C=O) groups is 2. The van der Waals surface area contributed by atoms with Gasteiger partial charge in [-0.3, -0.25) is 19.1 Å². The number of nitrogens with zero attached hydrogens (tertiary/aromatic N) is 6. The van der Waals surface area contributed by atoms with Gasteiger partial charge in [0.1, 0.15) is 12.1 Å². The van der Waals surface area contributed by atoms with E-state index in [2.05, 4.69) is 20.1 Å². The Balaban J connectivity index is 1.88. The van der Waals surface area contributed by atoms with Gasteiger partial charge in [0.05, 0.1) is 11.3 Å². The van der Waals surface area contributed by atoms with Gasteiger partial charge >= 0.3 is 11.7 Å². The zero-order valence-corrected chi connectivity index (χ0v) is 19.4. The third-order valence-electron chi connectivity index (χ3n) is 5.25. The van der Waals surface area contributed by atoms with Crippen LogP contribution in [-0.2, 0) is 22.5 Å². The van der Waals surface area contributed by atoms with Crippen LogP contribution in [0.5, 0.6) is 0 Å². The number of carbonyl (C=O) groups excluding carboxylic acids is 2. The molecule has 0 unspecified atom stereocenters. The predicted molar refractivity (Wildman–Crippen MR) is 124 cm³/mol. The molecule has 0 saturated heterocycles. The highest BCUT2D eigenvalue weighted by molar-refractivity contribution is 5.98. The van der Waals surface area contributed by atoms with E-state index >= 15 is 0 Å². The van der Waals surface area contributed by atoms with E-state index in [-0.39, 0.29) is 30.2 Å². The van der Waals surface area contributed by atoms with Crippen LogP contribution in [0.25, 0.3) is 5.78 Å². The van der Waals surface area contributed by atoms with Crippen LogP contribution < -0.4 is 21.9 Å². The number of rotatable bonds is 10. The molecule has 182 valence electrons. The molecule has 3 aromatic rings. The normalized spacial score (nSPS) is 11.0. The van der Waals surface area contributed by atoms with Crippen molar-refractivity contribution in [1.82, 2.24) is 29.1 Å². The summed E-state index contributed by atoms with van der Waals surface area (Å²) in [6.45, 7) is 5.42. The number of esters is 1. The Labute approximate surface area is 194 Å². The smallest absolute Gasteiger partial charge is 0.342 e. The molecule has 0 aliphatic rings. The molecular weight excluding hydrogens is 444 g/mol. The number of aryl methyl sites for hydroxylation is 1. The van der Waals surface area contributed by atoms with E-state index in [1.54, 1.807) is 0 Å². The number of fused-ring (bicyclic) bond motifs is 1. The van der Waals surface area contributed by atoms with Crippen LogP contribution in [0.4, 0.5) is 11.5 Å². The zero-order chi connectivity index (χ0) is 24.8. The number of ether oxygens (including phenoxy) is 1. The molecule has 0 fully saturated rings. The van der Waals surface area contributed by atoms with Crippen molar-refractivity contribution in [2.75, 3.05) is 23.8 Å². The standard InChI is InChI=1S/C21H28N8O5/c1-4-7-9-27(16-17(22)28(8-5-2)21(33)26-18(16)31)15(30)11-34-19(32)13-10-23-20-24-12-25-29(20)14(13)6-3/h10,12H,4-9,11,22H2,1-3H3,(H,26,31,33). The van der Waals surface area contributed by atoms with Gasteiger partial charge in [-0.25, -0.2) is 19.1 Å². The van der Waals surface area contributed by atoms with Crippen LogP contribution in [0.3, 0.4) is 0 Å². The van der Waals surface area contributed by atoms with Crippen molar-refractivity contribution >= 4 is 29.2 Å². The van der Waals surface area contributed by atoms with Gasteiger partial charge in [-0.2, -0.15) is 10.1 Å². The van der Waals surface area contributed by atoms with Crippen molar-refractivity contribution in [3.8, 4) is 0 Å². The lowest BCUT2D eigenvalue weighted by molar-refractivity contribution is -0.121. The molecule has 1 amide bonds. The van der Waals surface area contributed by atoms with E-state index in [0.29, 0.717) is 30.7 Å². The number of hydrogen-bond donors (Lipinski definition) is 2. The van der Waals surface area contributed by atoms with E-state index < -0.39 is 29.7 Å². The van der Waals surface area contributed by atoms with Crippen molar-refractivity contribution in [3.05, 3.63) is 44.6 Å². The first-order chi connectivity index (χ1) is 16.3. The van der Waals surface area contributed by atoms with Gasteiger partial charge in [-0.1, -0.05) is 27.2 Å². The number of anilines is 2. The first-order valence-electron chi connectivity index (χ1n) is 11.1. The highest BCUT2D eigenvalue weighted by atomic mass is 16.5. The molecule has 13 heteroatoms. The third-order valence-corrected chi connectivity index (χ3v) is 5.25. The van der Waals surface area contributed by atoms with Gasteiger partial charge in [-0.05, 0) is 19.3 Å². The summed E-state index contributed by atoms with van der Waals surface area (Å²) in [7, 11) is 0. The summed E-state index contributed by atoms with van der Waals surface area (Å²) in [5.41, 5.74) is 5.26. The molecule has 0 aromatic carbocycles. The van der Waals surface area contributed by atoms with Crippen LogP contribution in [0.2, 0.25) is 0 Å². The first-order valence-corrected chi connectivity index (χ1v) is 11.1. The molecular formula is C21H28N8O5. The predicted octanol–water partition coefficient (Wildman–Crippen LogP) is 0.519. The maximum atomic E-state index is 13.1. The Bertz CT molecular complexity index is 1310. The van der Waals surface area contributed by atoms with Gasteiger partial charge < -0.3 is 15.4 Å². The van der Waals surface area contributed by atoms with Crippen LogP contribution in [-0.4, -0.2) is 54.2 Å². The van der Waals surface area contributed by atoms with E-state index in [1.165, 1.54) is 21.6 Å². The number of nitrogens with two attached hydrogens (primary N) is 1. The molecule has 3 heterocycles. The summed E-state index contributed by atoms with van der Waals surface area (Å²) in [4.78, 5) is 62.0. The van der Waals surface area contributed by atoms with Crippen molar-refractivity contribution in [1.29, 1.82) is 0 Å². The number of hydrogen-bond acceptors (Lipinski definition) is 9. The summed E-state index contributed by atoms with van der Waals surface area (Å²) >= 11 is 0. The molecule has 3 N–H and O–H groups in total. The maximum Gasteiger partial charge on any atom is 0.342 e. The van der Waals surface area contributed by atoms with Crippen molar-refractivity contribution < 1.29 is 14.3 Å². The molecule has 0 aliphatic heterocycles. The molecule has 0 atom stereocenters. The maximum absolute atomic E-state index is 13.1. The minimum Gasteiger partial charge on any atom is -0.452 e. The lowest BCUT2D eigenvalue weighted by atomic mass is 10.2. The molecule has 0 radical (unpaired) electrons. The second kappa shape index (κ2) is 10.7. The molecule has 0 aliphatic carbocycles. The van der Waals surface area contributed by atoms with E-state index in [0.717, 1.165) is 11.3 Å². The largest absolute Gasteiger partial charge is 0.452 e. The Morgan fingerprint density at radius 3 is 2.62 bits per heavy atom. The number of unbranched alkanes of at least 4 members (excludes halogenated alkanes) is 1. The number of nitrogen functional groups attached to an aromatic ring is 1. The van der Waals surface area contributed by atoms with Gasteiger partial charge in [0.15, 0.2) is 12.3 Å². The number of amides is 1. The molecule has 3 rings (SSSR count). The Hall–Kier alpha value is -4.03. The highest BCUT2D eigenvalue weighted by Gasteiger charge is 2.26. The Morgan fingerprint density at radius 2 is 1.94 bits per heavy atom. The summed E-state index contributed by atoms with van der Waals surface area (Å²) in [5.74, 6) is -1.18. The lowest BCUT2D eigenvalue weighted by Crippen LogP contribution is -2.43. The molecule has 3 aromatic heterocycles. The van der Waals surface area contributed by atoms with Gasteiger partial charge in [0.25, 0.3) is 17.2 Å². The second-order valence-electron chi connectivity index (χ2n) is 7.56. The van der Waals surface area contributed by atoms with Crippen LogP contribution in [0, 0.1) is 0 Å². The fraction of sp³-hybridized carbons (Fsp3) is 0.476. The first kappa shape index (κ1) is 24.6. The molecule has 0 spiro atoms. The molecule has 34 heavy (non-hydrogen) atoms. The Morgan fingerprint density at radius 1 is 1.18 bits per heavy atom. The van der Waals surface area contributed by atoms with E-state index in [4.69, 9.17) is 10.5 Å². The van der Waals surface area contributed by atoms with E-state index in [9.17, 15) is 19.2 Å². The fourth-order valence-electron chi connectivity index (χ4n) is 3.58. The lowest BCUT2D eigenvalue weighted by Gasteiger charge is -2.24. The van der Waals surface area contributed by atoms with E-state index in [1.807, 2.05) is 20.8 Å². The van der Waals surface area contributed by atoms with Gasteiger partial charge in [0.2, 0.25) is 0 Å². The van der Waals surface area contributed by atoms with Crippen molar-refractivity contribution in [2.45, 2.75) is 53.0 Å². The second-order valence-corrected chi connectivity index (χ2v) is 7.56. The van der Waals surface area contributed by atoms with Crippen molar-refractivity contribution in [3.63, 3.8) is 0 Å². The minimum atomic E-state index is -0.778. The van der Waals surface area contributed by atoms with Crippen LogP contribution >= 0.6 is 0 Å². The number of H-pyrrole nitrogens is 1. The molecule has 0 saturated carbocycles. The van der Waals surface area contributed by atoms with Gasteiger partial charge in [0, 0.05) is 19.3 Å². The Kier molecular flexibility index (Phi) is 7.76. The molecule has 0 bridgehead atoms. The average molecular weight is 473 g/mol. The molecule has 13 nitrogen and oxygen atoms in total. The topological polar surface area (TPSA) is 171 Å². The monoisotopic (exact) mass is 472 g/mol. The van der Waals surface area contributed by atoms with Gasteiger partial charge in [-0.15, -0.1) is 0 Å². The minimum absolute atomic E-state index is 0.111. The number of nitrogens with one attached hydrogen (secondary N) is 1. The summed E-state index contributed by atoms with van der Waals surface area (Å²) < 4.78 is 7.91. The summed E-state index contributed by atoms with van der Waals surface area (Å²) in [6, 6.07) is 0. The number of aromatic nitrogens is 6. The van der Waals surface area contributed by atoms with Crippen molar-refractivity contribution in [2.24, 2.45) is 0 Å². The quantitative estimate of drug-likeness (QED) is 0.399. The van der Waals surface area contributed by atoms with Crippen LogP contribution in [0.1, 0.15) is 56.1 Å². The summed E-state index contributed by atoms with van der Waals surface area (Å²) in [5, 5.41) is 4.06. The SMILES string of the molecule is CCCCN(C(=O)COC(=O)c1cnc2ncnn2c1CC)c1c(N)n(CCC)c(=O)[nH]c1=O. The summed E-state index contributed by atoms with van der Waals surface area (Å²) in [6.07, 6.45) is 5.01. The third kappa shape index (κ3) is 4.82. The number of aromatic amines is 1. The van der Waals surface area contributed by atoms with Crippen LogP contribution in [0.15, 0.2) is 22.1 Å².